The summed E-state index contributed by atoms with van der Waals surface area (Å²) in [4.78, 5) is 48.7. The van der Waals surface area contributed by atoms with Gasteiger partial charge in [0.2, 0.25) is 5.24 Å². The molecule has 4 aliphatic rings. The van der Waals surface area contributed by atoms with Crippen molar-refractivity contribution in [2.24, 2.45) is 57.7 Å². The molecule has 8 heteroatoms. The van der Waals surface area contributed by atoms with Crippen molar-refractivity contribution < 1.29 is 34.5 Å². The van der Waals surface area contributed by atoms with Crippen LogP contribution in [0.4, 0.5) is 0 Å². The highest BCUT2D eigenvalue weighted by atomic mass is 35.5. The number of aliphatic hydroxyl groups is 3. The van der Waals surface area contributed by atoms with Crippen LogP contribution < -0.4 is 0 Å². The van der Waals surface area contributed by atoms with Crippen molar-refractivity contribution in [3.8, 4) is 0 Å². The van der Waals surface area contributed by atoms with E-state index in [0.29, 0.717) is 38.1 Å². The molecule has 4 rings (SSSR count). The Morgan fingerprint density at radius 3 is 2.20 bits per heavy atom. The number of aliphatic hydroxyl groups excluding tert-OH is 3. The molecule has 0 spiro atoms. The summed E-state index contributed by atoms with van der Waals surface area (Å²) in [6, 6.07) is 0. The minimum atomic E-state index is -1.71. The zero-order chi connectivity index (χ0) is 25.9. The van der Waals surface area contributed by atoms with Crippen molar-refractivity contribution in [3.63, 3.8) is 0 Å². The van der Waals surface area contributed by atoms with Crippen molar-refractivity contribution in [2.45, 2.75) is 84.0 Å². The fraction of sp³-hybridized carbons (Fsp3) is 0.852. The Kier molecular flexibility index (Phi) is 7.15. The van der Waals surface area contributed by atoms with Crippen molar-refractivity contribution in [1.29, 1.82) is 0 Å². The van der Waals surface area contributed by atoms with Gasteiger partial charge >= 0.3 is 0 Å². The van der Waals surface area contributed by atoms with E-state index in [9.17, 15) is 34.5 Å². The number of halogens is 1. The summed E-state index contributed by atoms with van der Waals surface area (Å²) in [7, 11) is 0. The molecule has 0 aromatic carbocycles. The summed E-state index contributed by atoms with van der Waals surface area (Å²) >= 11 is 5.59. The van der Waals surface area contributed by atoms with Gasteiger partial charge in [0, 0.05) is 6.42 Å². The van der Waals surface area contributed by atoms with Crippen LogP contribution in [0.5, 0.6) is 0 Å². The first kappa shape index (κ1) is 26.9. The molecule has 4 saturated carbocycles. The van der Waals surface area contributed by atoms with Gasteiger partial charge in [-0.05, 0) is 96.5 Å². The van der Waals surface area contributed by atoms with E-state index in [4.69, 9.17) is 11.6 Å². The first-order chi connectivity index (χ1) is 16.4. The third-order valence-electron chi connectivity index (χ3n) is 11.5. The number of aldehydes is 3. The van der Waals surface area contributed by atoms with Gasteiger partial charge in [-0.3, -0.25) is 4.79 Å². The highest BCUT2D eigenvalue weighted by Gasteiger charge is 2.72. The van der Waals surface area contributed by atoms with Crippen LogP contribution in [0.15, 0.2) is 0 Å². The van der Waals surface area contributed by atoms with Gasteiger partial charge in [-0.25, -0.2) is 0 Å². The molecule has 0 heterocycles. The van der Waals surface area contributed by atoms with Crippen molar-refractivity contribution >= 4 is 35.7 Å². The zero-order valence-electron chi connectivity index (χ0n) is 20.8. The SMILES string of the molecule is C[C@H](CCC(=O)Cl)[C@H]1CC[C@H]2[C@@H]3[C@H](O)C[C@@H]4C[C@H](O)C(C=O)C(C=O)(C=O)[C@]4(C)[C@H]3C[C@H](O)[C@]12C. The van der Waals surface area contributed by atoms with E-state index in [1.807, 2.05) is 6.92 Å². The van der Waals surface area contributed by atoms with Crippen LogP contribution in [0.2, 0.25) is 0 Å². The van der Waals surface area contributed by atoms with Crippen LogP contribution in [-0.4, -0.2) is 57.7 Å². The van der Waals surface area contributed by atoms with E-state index in [1.165, 1.54) is 0 Å². The average molecular weight is 511 g/mol. The van der Waals surface area contributed by atoms with E-state index in [1.54, 1.807) is 0 Å². The molecule has 0 aliphatic heterocycles. The molecule has 4 aliphatic carbocycles. The van der Waals surface area contributed by atoms with E-state index in [-0.39, 0.29) is 53.6 Å². The fourth-order valence-electron chi connectivity index (χ4n) is 9.68. The predicted octanol–water partition coefficient (Wildman–Crippen LogP) is 2.55. The summed E-state index contributed by atoms with van der Waals surface area (Å²) in [5, 5.41) is 33.5. The van der Waals surface area contributed by atoms with E-state index >= 15 is 0 Å². The number of hydrogen-bond acceptors (Lipinski definition) is 7. The summed E-state index contributed by atoms with van der Waals surface area (Å²) in [5.74, 6) is -1.79. The topological polar surface area (TPSA) is 129 Å². The Morgan fingerprint density at radius 1 is 1.00 bits per heavy atom. The van der Waals surface area contributed by atoms with Gasteiger partial charge in [0.15, 0.2) is 0 Å². The zero-order valence-corrected chi connectivity index (χ0v) is 21.6. The van der Waals surface area contributed by atoms with Gasteiger partial charge in [0.25, 0.3) is 0 Å². The van der Waals surface area contributed by atoms with Gasteiger partial charge in [-0.15, -0.1) is 0 Å². The molecule has 0 aromatic rings. The molecule has 0 aromatic heterocycles. The lowest BCUT2D eigenvalue weighted by Gasteiger charge is -2.67. The molecule has 0 bridgehead atoms. The van der Waals surface area contributed by atoms with Gasteiger partial charge in [-0.1, -0.05) is 20.8 Å². The Bertz CT molecular complexity index is 870. The molecule has 1 unspecified atom stereocenters. The minimum absolute atomic E-state index is 0.0271. The normalized spacial score (nSPS) is 49.2. The van der Waals surface area contributed by atoms with E-state index in [0.717, 1.165) is 12.8 Å². The molecule has 12 atom stereocenters. The van der Waals surface area contributed by atoms with Crippen molar-refractivity contribution in [1.82, 2.24) is 0 Å². The van der Waals surface area contributed by atoms with Crippen molar-refractivity contribution in [2.75, 3.05) is 0 Å². The second-order valence-electron chi connectivity index (χ2n) is 12.4. The standard InChI is InChI=1S/C27H39ClO7/c1-14(4-7-23(28)35)16-5-6-17-24-18(10-22(34)25(16,17)2)26(3)15(9-21(24)33)8-20(32)19(11-29)27(26,12-30)13-31/h11-22,24,32-34H,4-10H2,1-3H3/t14-,15+,16-,17+,18+,19?,20+,21-,22+,24+,25-,26+/m1/s1. The molecular weight excluding hydrogens is 472 g/mol. The van der Waals surface area contributed by atoms with Gasteiger partial charge < -0.3 is 29.7 Å². The maximum atomic E-state index is 12.6. The Labute approximate surface area is 212 Å². The summed E-state index contributed by atoms with van der Waals surface area (Å²) in [6.07, 6.45) is 2.52. The Morgan fingerprint density at radius 2 is 1.63 bits per heavy atom. The Balaban J connectivity index is 1.76. The third-order valence-corrected chi connectivity index (χ3v) is 11.7. The maximum Gasteiger partial charge on any atom is 0.221 e. The van der Waals surface area contributed by atoms with Gasteiger partial charge in [0.05, 0.1) is 29.6 Å². The predicted molar refractivity (Wildman–Crippen MR) is 128 cm³/mol. The lowest BCUT2D eigenvalue weighted by molar-refractivity contribution is -0.243. The number of carbonyl (C=O) groups excluding carboxylic acids is 4. The van der Waals surface area contributed by atoms with E-state index in [2.05, 4.69) is 13.8 Å². The number of fused-ring (bicyclic) bond motifs is 5. The summed E-state index contributed by atoms with van der Waals surface area (Å²) in [6.45, 7) is 6.04. The minimum Gasteiger partial charge on any atom is -0.393 e. The first-order valence-corrected chi connectivity index (χ1v) is 13.4. The average Bonchev–Trinajstić information content (AvgIpc) is 3.17. The summed E-state index contributed by atoms with van der Waals surface area (Å²) < 4.78 is 0. The molecule has 4 fully saturated rings. The second kappa shape index (κ2) is 9.30. The highest BCUT2D eigenvalue weighted by molar-refractivity contribution is 6.63. The number of rotatable bonds is 7. The Hall–Kier alpha value is -1.15. The number of carbonyl (C=O) groups is 4. The lowest BCUT2D eigenvalue weighted by Crippen LogP contribution is -2.70. The van der Waals surface area contributed by atoms with Gasteiger partial charge in [0.1, 0.15) is 18.9 Å². The highest BCUT2D eigenvalue weighted by Crippen LogP contribution is 2.71. The molecule has 35 heavy (non-hydrogen) atoms. The van der Waals surface area contributed by atoms with Crippen LogP contribution >= 0.6 is 11.6 Å². The molecule has 0 amide bonds. The molecule has 196 valence electrons. The third kappa shape index (κ3) is 3.55. The molecular formula is C27H39ClO7. The van der Waals surface area contributed by atoms with Crippen LogP contribution in [-0.2, 0) is 19.2 Å². The van der Waals surface area contributed by atoms with Crippen molar-refractivity contribution in [3.05, 3.63) is 0 Å². The lowest BCUT2D eigenvalue weighted by atomic mass is 9.36. The molecule has 0 radical (unpaired) electrons. The van der Waals surface area contributed by atoms with Crippen LogP contribution in [0.3, 0.4) is 0 Å². The largest absolute Gasteiger partial charge is 0.393 e. The van der Waals surface area contributed by atoms with Crippen LogP contribution in [0.25, 0.3) is 0 Å². The fourth-order valence-corrected chi connectivity index (χ4v) is 9.79. The second-order valence-corrected chi connectivity index (χ2v) is 12.8. The van der Waals surface area contributed by atoms with Crippen LogP contribution in [0, 0.1) is 57.7 Å². The van der Waals surface area contributed by atoms with Crippen LogP contribution in [0.1, 0.15) is 65.7 Å². The maximum absolute atomic E-state index is 12.6. The summed E-state index contributed by atoms with van der Waals surface area (Å²) in [5.41, 5.74) is -3.16. The molecule has 3 N–H and O–H groups in total. The van der Waals surface area contributed by atoms with E-state index < -0.39 is 40.5 Å². The quantitative estimate of drug-likeness (QED) is 0.272. The van der Waals surface area contributed by atoms with Gasteiger partial charge in [-0.2, -0.15) is 0 Å². The monoisotopic (exact) mass is 510 g/mol. The first-order valence-electron chi connectivity index (χ1n) is 13.0. The smallest absolute Gasteiger partial charge is 0.221 e. The number of hydrogen-bond donors (Lipinski definition) is 3. The molecule has 7 nitrogen and oxygen atoms in total. The molecule has 0 saturated heterocycles.